The van der Waals surface area contributed by atoms with Gasteiger partial charge < -0.3 is 25.3 Å². The number of carbonyl (C=O) groups excluding carboxylic acids is 1. The van der Waals surface area contributed by atoms with Crippen molar-refractivity contribution in [1.29, 1.82) is 0 Å². The standard InChI is InChI=1S/C25H22N6O3/c32-22-12-16-11-15(1-6-19(16)29-22)20-13-21-23(25(33)27-14-26-21)24(30-20)28-17-2-4-18(5-3-17)31-7-9-34-10-8-31/h1-6,11,13-14H,7-10,12H2,(H,28,30)(H,29,32)(H,26,27,33). The number of pyridine rings is 1. The van der Waals surface area contributed by atoms with E-state index in [-0.39, 0.29) is 11.5 Å². The van der Waals surface area contributed by atoms with Crippen molar-refractivity contribution in [1.82, 2.24) is 15.0 Å². The minimum atomic E-state index is -0.264. The molecule has 0 unspecified atom stereocenters. The molecule has 9 nitrogen and oxygen atoms in total. The van der Waals surface area contributed by atoms with E-state index < -0.39 is 0 Å². The number of aromatic amines is 1. The van der Waals surface area contributed by atoms with Crippen molar-refractivity contribution in [2.24, 2.45) is 0 Å². The van der Waals surface area contributed by atoms with E-state index in [4.69, 9.17) is 9.72 Å². The largest absolute Gasteiger partial charge is 0.378 e. The predicted octanol–water partition coefficient (Wildman–Crippen LogP) is 3.06. The molecule has 1 amide bonds. The third-order valence-electron chi connectivity index (χ3n) is 6.16. The summed E-state index contributed by atoms with van der Waals surface area (Å²) in [4.78, 5) is 38.5. The summed E-state index contributed by atoms with van der Waals surface area (Å²) in [7, 11) is 0. The van der Waals surface area contributed by atoms with Crippen LogP contribution in [0.2, 0.25) is 0 Å². The van der Waals surface area contributed by atoms with E-state index in [9.17, 15) is 9.59 Å². The molecule has 0 radical (unpaired) electrons. The van der Waals surface area contributed by atoms with Crippen molar-refractivity contribution >= 4 is 39.7 Å². The van der Waals surface area contributed by atoms with E-state index in [1.807, 2.05) is 42.5 Å². The van der Waals surface area contributed by atoms with Gasteiger partial charge in [-0.25, -0.2) is 9.97 Å². The predicted molar refractivity (Wildman–Crippen MR) is 131 cm³/mol. The van der Waals surface area contributed by atoms with Crippen LogP contribution in [-0.2, 0) is 16.0 Å². The minimum absolute atomic E-state index is 0.0188. The molecule has 34 heavy (non-hydrogen) atoms. The number of ether oxygens (including phenoxy) is 1. The van der Waals surface area contributed by atoms with Gasteiger partial charge in [-0.1, -0.05) is 6.07 Å². The molecular weight excluding hydrogens is 432 g/mol. The van der Waals surface area contributed by atoms with E-state index in [1.54, 1.807) is 6.07 Å². The highest BCUT2D eigenvalue weighted by Crippen LogP contribution is 2.31. The second kappa shape index (κ2) is 8.27. The number of benzene rings is 2. The van der Waals surface area contributed by atoms with Crippen LogP contribution in [0.4, 0.5) is 22.9 Å². The number of carbonyl (C=O) groups is 1. The molecule has 2 aliphatic rings. The molecule has 9 heteroatoms. The van der Waals surface area contributed by atoms with Gasteiger partial charge in [0.1, 0.15) is 11.2 Å². The topological polar surface area (TPSA) is 112 Å². The quantitative estimate of drug-likeness (QED) is 0.434. The van der Waals surface area contributed by atoms with Gasteiger partial charge in [0.15, 0.2) is 0 Å². The van der Waals surface area contributed by atoms with E-state index in [0.29, 0.717) is 28.8 Å². The average Bonchev–Trinajstić information content (AvgIpc) is 3.24. The number of morpholine rings is 1. The highest BCUT2D eigenvalue weighted by molar-refractivity contribution is 6.00. The van der Waals surface area contributed by atoms with Gasteiger partial charge >= 0.3 is 0 Å². The molecule has 4 heterocycles. The molecule has 2 aliphatic heterocycles. The Morgan fingerprint density at radius 3 is 2.65 bits per heavy atom. The minimum Gasteiger partial charge on any atom is -0.378 e. The summed E-state index contributed by atoms with van der Waals surface area (Å²) in [6, 6.07) is 15.6. The molecule has 6 rings (SSSR count). The first-order valence-electron chi connectivity index (χ1n) is 11.2. The monoisotopic (exact) mass is 454 g/mol. The summed E-state index contributed by atoms with van der Waals surface area (Å²) in [6.45, 7) is 3.19. The molecule has 0 spiro atoms. The zero-order valence-corrected chi connectivity index (χ0v) is 18.3. The summed E-state index contributed by atoms with van der Waals surface area (Å²) in [5.41, 5.74) is 5.48. The van der Waals surface area contributed by atoms with Gasteiger partial charge in [-0.05, 0) is 48.0 Å². The smallest absolute Gasteiger partial charge is 0.262 e. The molecule has 0 atom stereocenters. The number of nitrogens with one attached hydrogen (secondary N) is 3. The summed E-state index contributed by atoms with van der Waals surface area (Å²) in [5.74, 6) is 0.408. The summed E-state index contributed by atoms with van der Waals surface area (Å²) in [6.07, 6.45) is 1.73. The summed E-state index contributed by atoms with van der Waals surface area (Å²) < 4.78 is 5.43. The SMILES string of the molecule is O=C1Cc2cc(-c3cc4nc[nH]c(=O)c4c(Nc4ccc(N5CCOCC5)cc4)n3)ccc2N1. The first-order chi connectivity index (χ1) is 16.6. The van der Waals surface area contributed by atoms with Gasteiger partial charge in [0.25, 0.3) is 5.56 Å². The van der Waals surface area contributed by atoms with Crippen LogP contribution in [-0.4, -0.2) is 47.2 Å². The molecule has 0 aliphatic carbocycles. The molecule has 3 N–H and O–H groups in total. The number of fused-ring (bicyclic) bond motifs is 2. The maximum Gasteiger partial charge on any atom is 0.262 e. The van der Waals surface area contributed by atoms with E-state index >= 15 is 0 Å². The molecule has 0 saturated carbocycles. The number of amides is 1. The fraction of sp³-hybridized carbons (Fsp3) is 0.200. The second-order valence-corrected chi connectivity index (χ2v) is 8.35. The van der Waals surface area contributed by atoms with Gasteiger partial charge in [0, 0.05) is 35.7 Å². The molecule has 1 saturated heterocycles. The van der Waals surface area contributed by atoms with Crippen molar-refractivity contribution in [2.45, 2.75) is 6.42 Å². The number of hydrogen-bond donors (Lipinski definition) is 3. The van der Waals surface area contributed by atoms with Crippen LogP contribution in [0.1, 0.15) is 5.56 Å². The summed E-state index contributed by atoms with van der Waals surface area (Å²) in [5, 5.41) is 6.54. The molecule has 4 aromatic rings. The van der Waals surface area contributed by atoms with Crippen LogP contribution in [0.15, 0.2) is 59.7 Å². The van der Waals surface area contributed by atoms with Crippen LogP contribution >= 0.6 is 0 Å². The van der Waals surface area contributed by atoms with Gasteiger partial charge in [0.2, 0.25) is 5.91 Å². The molecular formula is C25H22N6O3. The maximum absolute atomic E-state index is 12.6. The van der Waals surface area contributed by atoms with Crippen molar-refractivity contribution in [3.63, 3.8) is 0 Å². The van der Waals surface area contributed by atoms with Crippen molar-refractivity contribution < 1.29 is 9.53 Å². The Morgan fingerprint density at radius 2 is 1.82 bits per heavy atom. The molecule has 170 valence electrons. The summed E-state index contributed by atoms with van der Waals surface area (Å²) >= 11 is 0. The number of rotatable bonds is 4. The Morgan fingerprint density at radius 1 is 1.00 bits per heavy atom. The number of hydrogen-bond acceptors (Lipinski definition) is 7. The Balaban J connectivity index is 1.38. The Bertz CT molecular complexity index is 1460. The average molecular weight is 454 g/mol. The maximum atomic E-state index is 12.6. The van der Waals surface area contributed by atoms with Crippen LogP contribution in [0.25, 0.3) is 22.2 Å². The normalized spacial score (nSPS) is 15.3. The van der Waals surface area contributed by atoms with Gasteiger partial charge in [-0.15, -0.1) is 0 Å². The zero-order chi connectivity index (χ0) is 23.1. The first-order valence-corrected chi connectivity index (χ1v) is 11.2. The van der Waals surface area contributed by atoms with E-state index in [2.05, 4.69) is 25.5 Å². The number of anilines is 4. The van der Waals surface area contributed by atoms with Crippen LogP contribution < -0.4 is 21.1 Å². The number of nitrogens with zero attached hydrogens (tertiary/aromatic N) is 3. The lowest BCUT2D eigenvalue weighted by atomic mass is 10.0. The lowest BCUT2D eigenvalue weighted by Gasteiger charge is -2.28. The highest BCUT2D eigenvalue weighted by Gasteiger charge is 2.19. The molecule has 2 aromatic heterocycles. The van der Waals surface area contributed by atoms with Crippen molar-refractivity contribution in [2.75, 3.05) is 41.8 Å². The second-order valence-electron chi connectivity index (χ2n) is 8.35. The Labute approximate surface area is 194 Å². The lowest BCUT2D eigenvalue weighted by Crippen LogP contribution is -2.36. The van der Waals surface area contributed by atoms with Gasteiger partial charge in [-0.3, -0.25) is 9.59 Å². The molecule has 0 bridgehead atoms. The zero-order valence-electron chi connectivity index (χ0n) is 18.3. The Hall–Kier alpha value is -4.24. The fourth-order valence-electron chi connectivity index (χ4n) is 4.43. The number of H-pyrrole nitrogens is 1. The number of aromatic nitrogens is 3. The first kappa shape index (κ1) is 20.4. The highest BCUT2D eigenvalue weighted by atomic mass is 16.5. The van der Waals surface area contributed by atoms with Crippen molar-refractivity contribution in [3.05, 3.63) is 70.8 Å². The molecule has 1 fully saturated rings. The van der Waals surface area contributed by atoms with E-state index in [0.717, 1.165) is 54.5 Å². The van der Waals surface area contributed by atoms with Crippen LogP contribution in [0.5, 0.6) is 0 Å². The third-order valence-corrected chi connectivity index (χ3v) is 6.16. The lowest BCUT2D eigenvalue weighted by molar-refractivity contribution is -0.115. The van der Waals surface area contributed by atoms with Crippen molar-refractivity contribution in [3.8, 4) is 11.3 Å². The third kappa shape index (κ3) is 3.75. The van der Waals surface area contributed by atoms with E-state index in [1.165, 1.54) is 6.33 Å². The van der Waals surface area contributed by atoms with Gasteiger partial charge in [-0.2, -0.15) is 0 Å². The fourth-order valence-corrected chi connectivity index (χ4v) is 4.43. The Kier molecular flexibility index (Phi) is 4.96. The van der Waals surface area contributed by atoms with Gasteiger partial charge in [0.05, 0.1) is 37.2 Å². The molecule has 2 aromatic carbocycles. The van der Waals surface area contributed by atoms with Crippen LogP contribution in [0, 0.1) is 0 Å². The van der Waals surface area contributed by atoms with Crippen LogP contribution in [0.3, 0.4) is 0 Å².